The van der Waals surface area contributed by atoms with Crippen LogP contribution in [0.15, 0.2) is 77.7 Å². The van der Waals surface area contributed by atoms with Crippen molar-refractivity contribution in [3.8, 4) is 0 Å². The number of carbonyl (C=O) groups excluding carboxylic acids is 1. The molecule has 1 atom stereocenters. The summed E-state index contributed by atoms with van der Waals surface area (Å²) in [4.78, 5) is 12.9. The molecule has 0 radical (unpaired) electrons. The Labute approximate surface area is 178 Å². The van der Waals surface area contributed by atoms with Gasteiger partial charge in [-0.1, -0.05) is 48.0 Å². The first-order valence-corrected chi connectivity index (χ1v) is 11.2. The molecule has 0 aliphatic heterocycles. The van der Waals surface area contributed by atoms with E-state index in [0.29, 0.717) is 11.3 Å². The van der Waals surface area contributed by atoms with Crippen molar-refractivity contribution < 1.29 is 13.2 Å². The van der Waals surface area contributed by atoms with E-state index in [9.17, 15) is 13.2 Å². The number of nitrogens with zero attached hydrogens (tertiary/aromatic N) is 1. The molecule has 0 spiro atoms. The number of para-hydroxylation sites is 1. The largest absolute Gasteiger partial charge is 0.346 e. The number of hydrogen-bond acceptors (Lipinski definition) is 3. The molecule has 1 N–H and O–H groups in total. The van der Waals surface area contributed by atoms with Crippen LogP contribution >= 0.6 is 0 Å². The van der Waals surface area contributed by atoms with Crippen LogP contribution in [-0.4, -0.2) is 21.4 Å². The molecule has 6 heteroatoms. The molecule has 0 bridgehead atoms. The number of amides is 1. The standard InChI is InChI=1S/C24H26N2O3S/c1-17-13-14-23(18(2)15-17)19(3)25-24(27)20-9-8-12-22(16-20)30(28,29)26(4)21-10-6-5-7-11-21/h5-16,19H,1-4H3,(H,25,27). The third-order valence-electron chi connectivity index (χ3n) is 5.11. The van der Waals surface area contributed by atoms with Crippen LogP contribution in [0.1, 0.15) is 40.0 Å². The molecule has 0 aliphatic rings. The van der Waals surface area contributed by atoms with E-state index in [1.165, 1.54) is 23.5 Å². The molecule has 5 nitrogen and oxygen atoms in total. The van der Waals surface area contributed by atoms with Crippen LogP contribution < -0.4 is 9.62 Å². The molecular formula is C24H26N2O3S. The predicted octanol–water partition coefficient (Wildman–Crippen LogP) is 4.62. The molecule has 3 rings (SSSR count). The maximum atomic E-state index is 13.0. The summed E-state index contributed by atoms with van der Waals surface area (Å²) in [6.45, 7) is 5.95. The lowest BCUT2D eigenvalue weighted by atomic mass is 10.00. The maximum Gasteiger partial charge on any atom is 0.264 e. The lowest BCUT2D eigenvalue weighted by molar-refractivity contribution is 0.0939. The van der Waals surface area contributed by atoms with E-state index in [1.807, 2.05) is 39.0 Å². The Morgan fingerprint density at radius 2 is 1.63 bits per heavy atom. The van der Waals surface area contributed by atoms with Gasteiger partial charge in [0, 0.05) is 12.6 Å². The summed E-state index contributed by atoms with van der Waals surface area (Å²) in [5.41, 5.74) is 4.14. The number of anilines is 1. The quantitative estimate of drug-likeness (QED) is 0.630. The topological polar surface area (TPSA) is 66.5 Å². The van der Waals surface area contributed by atoms with Gasteiger partial charge in [-0.15, -0.1) is 0 Å². The van der Waals surface area contributed by atoms with E-state index in [2.05, 4.69) is 11.4 Å². The van der Waals surface area contributed by atoms with Gasteiger partial charge in [-0.2, -0.15) is 0 Å². The first-order chi connectivity index (χ1) is 14.2. The normalized spacial score (nSPS) is 12.3. The van der Waals surface area contributed by atoms with E-state index in [0.717, 1.165) is 16.7 Å². The maximum absolute atomic E-state index is 13.0. The molecule has 30 heavy (non-hydrogen) atoms. The lowest BCUT2D eigenvalue weighted by Crippen LogP contribution is -2.29. The molecule has 0 saturated carbocycles. The Morgan fingerprint density at radius 1 is 0.933 bits per heavy atom. The van der Waals surface area contributed by atoms with Crippen molar-refractivity contribution in [2.45, 2.75) is 31.7 Å². The van der Waals surface area contributed by atoms with Gasteiger partial charge in [0.15, 0.2) is 0 Å². The van der Waals surface area contributed by atoms with Gasteiger partial charge in [-0.05, 0) is 62.2 Å². The number of aryl methyl sites for hydroxylation is 2. The predicted molar refractivity (Wildman–Crippen MR) is 120 cm³/mol. The molecule has 0 heterocycles. The van der Waals surface area contributed by atoms with Gasteiger partial charge in [0.2, 0.25) is 0 Å². The molecule has 0 aromatic heterocycles. The van der Waals surface area contributed by atoms with E-state index in [1.54, 1.807) is 36.4 Å². The molecule has 1 unspecified atom stereocenters. The van der Waals surface area contributed by atoms with Crippen LogP contribution in [0.4, 0.5) is 5.69 Å². The van der Waals surface area contributed by atoms with E-state index in [-0.39, 0.29) is 16.8 Å². The van der Waals surface area contributed by atoms with Crippen molar-refractivity contribution in [1.82, 2.24) is 5.32 Å². The molecule has 0 aliphatic carbocycles. The Bertz CT molecular complexity index is 1160. The summed E-state index contributed by atoms with van der Waals surface area (Å²) < 4.78 is 27.3. The number of benzene rings is 3. The molecule has 156 valence electrons. The van der Waals surface area contributed by atoms with E-state index >= 15 is 0 Å². The van der Waals surface area contributed by atoms with Crippen LogP contribution in [0.3, 0.4) is 0 Å². The second kappa shape index (κ2) is 8.71. The molecule has 3 aromatic carbocycles. The first-order valence-electron chi connectivity index (χ1n) is 9.72. The Hall–Kier alpha value is -3.12. The summed E-state index contributed by atoms with van der Waals surface area (Å²) >= 11 is 0. The summed E-state index contributed by atoms with van der Waals surface area (Å²) in [6.07, 6.45) is 0. The van der Waals surface area contributed by atoms with Crippen molar-refractivity contribution in [2.75, 3.05) is 11.4 Å². The van der Waals surface area contributed by atoms with Crippen molar-refractivity contribution in [3.63, 3.8) is 0 Å². The van der Waals surface area contributed by atoms with Crippen LogP contribution in [-0.2, 0) is 10.0 Å². The fourth-order valence-corrected chi connectivity index (χ4v) is 4.64. The van der Waals surface area contributed by atoms with Gasteiger partial charge in [-0.3, -0.25) is 9.10 Å². The number of sulfonamides is 1. The molecular weight excluding hydrogens is 396 g/mol. The third-order valence-corrected chi connectivity index (χ3v) is 6.90. The highest BCUT2D eigenvalue weighted by Gasteiger charge is 2.23. The number of carbonyl (C=O) groups is 1. The van der Waals surface area contributed by atoms with Crippen LogP contribution in [0, 0.1) is 13.8 Å². The van der Waals surface area contributed by atoms with Gasteiger partial charge in [-0.25, -0.2) is 8.42 Å². The Balaban J connectivity index is 1.83. The van der Waals surface area contributed by atoms with Gasteiger partial charge in [0.1, 0.15) is 0 Å². The lowest BCUT2D eigenvalue weighted by Gasteiger charge is -2.20. The second-order valence-electron chi connectivity index (χ2n) is 7.39. The summed E-state index contributed by atoms with van der Waals surface area (Å²) in [7, 11) is -2.29. The minimum absolute atomic E-state index is 0.0701. The number of hydrogen-bond donors (Lipinski definition) is 1. The Kier molecular flexibility index (Phi) is 6.27. The minimum atomic E-state index is -3.79. The zero-order valence-corrected chi connectivity index (χ0v) is 18.4. The highest BCUT2D eigenvalue weighted by Crippen LogP contribution is 2.23. The molecule has 0 saturated heterocycles. The van der Waals surface area contributed by atoms with Crippen molar-refractivity contribution >= 4 is 21.6 Å². The zero-order chi connectivity index (χ0) is 21.9. The molecule has 0 fully saturated rings. The SMILES string of the molecule is Cc1ccc(C(C)NC(=O)c2cccc(S(=O)(=O)N(C)c3ccccc3)c2)c(C)c1. The van der Waals surface area contributed by atoms with Gasteiger partial charge < -0.3 is 5.32 Å². The van der Waals surface area contributed by atoms with E-state index in [4.69, 9.17) is 0 Å². The minimum Gasteiger partial charge on any atom is -0.346 e. The van der Waals surface area contributed by atoms with Gasteiger partial charge in [0.25, 0.3) is 15.9 Å². The van der Waals surface area contributed by atoms with Crippen LogP contribution in [0.25, 0.3) is 0 Å². The van der Waals surface area contributed by atoms with Crippen molar-refractivity contribution in [3.05, 3.63) is 95.1 Å². The first kappa shape index (κ1) is 21.6. The highest BCUT2D eigenvalue weighted by molar-refractivity contribution is 7.92. The summed E-state index contributed by atoms with van der Waals surface area (Å²) in [5.74, 6) is -0.318. The van der Waals surface area contributed by atoms with Crippen molar-refractivity contribution in [2.24, 2.45) is 0 Å². The smallest absolute Gasteiger partial charge is 0.264 e. The zero-order valence-electron chi connectivity index (χ0n) is 17.6. The summed E-state index contributed by atoms with van der Waals surface area (Å²) in [5, 5.41) is 2.96. The molecule has 1 amide bonds. The van der Waals surface area contributed by atoms with Gasteiger partial charge >= 0.3 is 0 Å². The van der Waals surface area contributed by atoms with Crippen LogP contribution in [0.5, 0.6) is 0 Å². The Morgan fingerprint density at radius 3 is 2.30 bits per heavy atom. The molecule has 3 aromatic rings. The summed E-state index contributed by atoms with van der Waals surface area (Å²) in [6, 6.07) is 20.8. The average molecular weight is 423 g/mol. The number of nitrogens with one attached hydrogen (secondary N) is 1. The van der Waals surface area contributed by atoms with Crippen molar-refractivity contribution in [1.29, 1.82) is 0 Å². The van der Waals surface area contributed by atoms with E-state index < -0.39 is 10.0 Å². The third kappa shape index (κ3) is 4.54. The fourth-order valence-electron chi connectivity index (χ4n) is 3.40. The number of rotatable bonds is 6. The average Bonchev–Trinajstić information content (AvgIpc) is 2.73. The highest BCUT2D eigenvalue weighted by atomic mass is 32.2. The fraction of sp³-hybridized carbons (Fsp3) is 0.208. The van der Waals surface area contributed by atoms with Gasteiger partial charge in [0.05, 0.1) is 16.6 Å². The monoisotopic (exact) mass is 422 g/mol. The second-order valence-corrected chi connectivity index (χ2v) is 9.36. The van der Waals surface area contributed by atoms with Crippen LogP contribution in [0.2, 0.25) is 0 Å².